The van der Waals surface area contributed by atoms with E-state index < -0.39 is 0 Å². The zero-order valence-electron chi connectivity index (χ0n) is 17.0. The van der Waals surface area contributed by atoms with Gasteiger partial charge in [-0.05, 0) is 36.2 Å². The molecular weight excluding hydrogens is 386 g/mol. The van der Waals surface area contributed by atoms with Crippen molar-refractivity contribution in [3.05, 3.63) is 47.5 Å². The molecule has 1 fully saturated rings. The largest absolute Gasteiger partial charge is 0.497 e. The van der Waals surface area contributed by atoms with Crippen LogP contribution in [0.15, 0.2) is 36.4 Å². The Morgan fingerprint density at radius 1 is 1.10 bits per heavy atom. The summed E-state index contributed by atoms with van der Waals surface area (Å²) in [6.45, 7) is 4.98. The molecule has 0 N–H and O–H groups in total. The summed E-state index contributed by atoms with van der Waals surface area (Å²) in [7, 11) is 3.17. The van der Waals surface area contributed by atoms with Crippen LogP contribution in [-0.4, -0.2) is 56.2 Å². The molecule has 1 aliphatic heterocycles. The Labute approximate surface area is 174 Å². The summed E-state index contributed by atoms with van der Waals surface area (Å²) in [5.41, 5.74) is 2.92. The van der Waals surface area contributed by atoms with Crippen LogP contribution in [0, 0.1) is 0 Å². The van der Waals surface area contributed by atoms with Crippen LogP contribution >= 0.6 is 11.3 Å². The molecule has 29 heavy (non-hydrogen) atoms. The van der Waals surface area contributed by atoms with Crippen LogP contribution in [0.1, 0.15) is 22.8 Å². The molecular formula is C22H25N3O3S. The number of ether oxygens (including phenoxy) is 2. The van der Waals surface area contributed by atoms with Crippen molar-refractivity contribution in [1.82, 2.24) is 9.88 Å². The SMILES string of the molecule is CCc1cccc2sc(N3CCN(C(=O)c4cc(OC)ccc4OC)CC3)nc12. The van der Waals surface area contributed by atoms with E-state index in [4.69, 9.17) is 14.5 Å². The number of carbonyl (C=O) groups excluding carboxylic acids is 1. The molecule has 1 aromatic heterocycles. The lowest BCUT2D eigenvalue weighted by Gasteiger charge is -2.34. The van der Waals surface area contributed by atoms with Crippen LogP contribution in [0.5, 0.6) is 11.5 Å². The molecule has 7 heteroatoms. The fourth-order valence-corrected chi connectivity index (χ4v) is 4.73. The smallest absolute Gasteiger partial charge is 0.257 e. The van der Waals surface area contributed by atoms with Gasteiger partial charge in [-0.2, -0.15) is 0 Å². The predicted octanol–water partition coefficient (Wildman–Crippen LogP) is 3.84. The Morgan fingerprint density at radius 3 is 2.59 bits per heavy atom. The molecule has 4 rings (SSSR count). The molecule has 0 atom stereocenters. The van der Waals surface area contributed by atoms with E-state index in [1.807, 2.05) is 4.90 Å². The number of benzene rings is 2. The summed E-state index contributed by atoms with van der Waals surface area (Å²) in [5, 5.41) is 1.03. The first-order chi connectivity index (χ1) is 14.1. The number of hydrogen-bond acceptors (Lipinski definition) is 6. The van der Waals surface area contributed by atoms with Crippen molar-refractivity contribution in [3.8, 4) is 11.5 Å². The molecule has 0 bridgehead atoms. The maximum atomic E-state index is 13.1. The van der Waals surface area contributed by atoms with Crippen LogP contribution in [0.4, 0.5) is 5.13 Å². The van der Waals surface area contributed by atoms with Crippen molar-refractivity contribution >= 4 is 32.6 Å². The van der Waals surface area contributed by atoms with Gasteiger partial charge in [0.15, 0.2) is 5.13 Å². The third kappa shape index (κ3) is 3.74. The fraction of sp³-hybridized carbons (Fsp3) is 0.364. The molecule has 1 amide bonds. The van der Waals surface area contributed by atoms with Crippen molar-refractivity contribution in [2.45, 2.75) is 13.3 Å². The van der Waals surface area contributed by atoms with E-state index in [1.165, 1.54) is 10.3 Å². The van der Waals surface area contributed by atoms with Gasteiger partial charge in [-0.3, -0.25) is 4.79 Å². The maximum absolute atomic E-state index is 13.1. The second-order valence-electron chi connectivity index (χ2n) is 6.96. The van der Waals surface area contributed by atoms with E-state index in [2.05, 4.69) is 30.0 Å². The average molecular weight is 412 g/mol. The Balaban J connectivity index is 1.49. The van der Waals surface area contributed by atoms with Crippen molar-refractivity contribution in [2.24, 2.45) is 0 Å². The first kappa shape index (κ1) is 19.5. The molecule has 2 aromatic carbocycles. The van der Waals surface area contributed by atoms with Crippen LogP contribution in [0.2, 0.25) is 0 Å². The number of piperazine rings is 1. The number of methoxy groups -OCH3 is 2. The van der Waals surface area contributed by atoms with Gasteiger partial charge in [-0.25, -0.2) is 4.98 Å². The summed E-state index contributed by atoms with van der Waals surface area (Å²) in [5.74, 6) is 1.18. The van der Waals surface area contributed by atoms with Gasteiger partial charge in [-0.15, -0.1) is 0 Å². The molecule has 152 valence electrons. The Hall–Kier alpha value is -2.80. The topological polar surface area (TPSA) is 54.9 Å². The summed E-state index contributed by atoms with van der Waals surface area (Å²) in [6, 6.07) is 11.7. The van der Waals surface area contributed by atoms with Gasteiger partial charge >= 0.3 is 0 Å². The molecule has 1 aliphatic rings. The maximum Gasteiger partial charge on any atom is 0.257 e. The summed E-state index contributed by atoms with van der Waals surface area (Å²) in [4.78, 5) is 22.1. The van der Waals surface area contributed by atoms with Crippen LogP contribution in [0.3, 0.4) is 0 Å². The zero-order valence-corrected chi connectivity index (χ0v) is 17.8. The predicted molar refractivity (Wildman–Crippen MR) is 117 cm³/mol. The van der Waals surface area contributed by atoms with Crippen LogP contribution in [-0.2, 0) is 6.42 Å². The number of aromatic nitrogens is 1. The lowest BCUT2D eigenvalue weighted by Crippen LogP contribution is -2.48. The number of anilines is 1. The minimum absolute atomic E-state index is 0.0297. The number of para-hydroxylation sites is 1. The van der Waals surface area contributed by atoms with Gasteiger partial charge in [0.2, 0.25) is 0 Å². The number of amides is 1. The Bertz CT molecular complexity index is 1030. The second-order valence-corrected chi connectivity index (χ2v) is 7.97. The third-order valence-electron chi connectivity index (χ3n) is 5.35. The highest BCUT2D eigenvalue weighted by molar-refractivity contribution is 7.22. The van der Waals surface area contributed by atoms with E-state index in [-0.39, 0.29) is 5.91 Å². The molecule has 1 saturated heterocycles. The molecule has 0 spiro atoms. The zero-order chi connectivity index (χ0) is 20.4. The molecule has 0 saturated carbocycles. The molecule has 0 radical (unpaired) electrons. The monoisotopic (exact) mass is 411 g/mol. The number of carbonyl (C=O) groups is 1. The second kappa shape index (κ2) is 8.29. The van der Waals surface area contributed by atoms with Crippen molar-refractivity contribution in [2.75, 3.05) is 45.3 Å². The summed E-state index contributed by atoms with van der Waals surface area (Å²) in [6.07, 6.45) is 0.977. The van der Waals surface area contributed by atoms with E-state index >= 15 is 0 Å². The van der Waals surface area contributed by atoms with Crippen LogP contribution in [0.25, 0.3) is 10.2 Å². The number of hydrogen-bond donors (Lipinski definition) is 0. The van der Waals surface area contributed by atoms with Crippen LogP contribution < -0.4 is 14.4 Å². The highest BCUT2D eigenvalue weighted by Gasteiger charge is 2.26. The van der Waals surface area contributed by atoms with Gasteiger partial charge in [0.1, 0.15) is 11.5 Å². The lowest BCUT2D eigenvalue weighted by molar-refractivity contribution is 0.0743. The van der Waals surface area contributed by atoms with E-state index in [0.29, 0.717) is 30.2 Å². The molecule has 2 heterocycles. The van der Waals surface area contributed by atoms with Gasteiger partial charge in [0.05, 0.1) is 30.0 Å². The number of nitrogens with zero attached hydrogens (tertiary/aromatic N) is 3. The summed E-state index contributed by atoms with van der Waals surface area (Å²) >= 11 is 1.73. The van der Waals surface area contributed by atoms with Crippen molar-refractivity contribution in [1.29, 1.82) is 0 Å². The highest BCUT2D eigenvalue weighted by Crippen LogP contribution is 2.32. The first-order valence-electron chi connectivity index (χ1n) is 9.79. The quantitative estimate of drug-likeness (QED) is 0.639. The standard InChI is InChI=1S/C22H25N3O3S/c1-4-15-6-5-7-19-20(15)23-22(29-19)25-12-10-24(11-13-25)21(26)17-14-16(27-2)8-9-18(17)28-3/h5-9,14H,4,10-13H2,1-3H3. The molecule has 6 nitrogen and oxygen atoms in total. The molecule has 3 aromatic rings. The van der Waals surface area contributed by atoms with E-state index in [0.717, 1.165) is 30.2 Å². The fourth-order valence-electron chi connectivity index (χ4n) is 3.67. The van der Waals surface area contributed by atoms with Gasteiger partial charge in [0.25, 0.3) is 5.91 Å². The normalized spacial score (nSPS) is 14.3. The average Bonchev–Trinajstić information content (AvgIpc) is 3.22. The van der Waals surface area contributed by atoms with Crippen molar-refractivity contribution in [3.63, 3.8) is 0 Å². The van der Waals surface area contributed by atoms with Gasteiger partial charge < -0.3 is 19.3 Å². The summed E-state index contributed by atoms with van der Waals surface area (Å²) < 4.78 is 11.9. The minimum Gasteiger partial charge on any atom is -0.497 e. The Kier molecular flexibility index (Phi) is 5.58. The van der Waals surface area contributed by atoms with Crippen molar-refractivity contribution < 1.29 is 14.3 Å². The van der Waals surface area contributed by atoms with Gasteiger partial charge in [0, 0.05) is 26.2 Å². The lowest BCUT2D eigenvalue weighted by atomic mass is 10.1. The highest BCUT2D eigenvalue weighted by atomic mass is 32.1. The van der Waals surface area contributed by atoms with E-state index in [9.17, 15) is 4.79 Å². The van der Waals surface area contributed by atoms with Gasteiger partial charge in [-0.1, -0.05) is 30.4 Å². The number of rotatable bonds is 5. The van der Waals surface area contributed by atoms with E-state index in [1.54, 1.807) is 43.8 Å². The third-order valence-corrected chi connectivity index (χ3v) is 6.43. The number of thiazole rings is 1. The Morgan fingerprint density at radius 2 is 1.90 bits per heavy atom. The molecule has 0 unspecified atom stereocenters. The number of aryl methyl sites for hydroxylation is 1. The minimum atomic E-state index is -0.0297. The molecule has 0 aliphatic carbocycles. The number of fused-ring (bicyclic) bond motifs is 1. The first-order valence-corrected chi connectivity index (χ1v) is 10.6.